The second-order valence-corrected chi connectivity index (χ2v) is 6.36. The van der Waals surface area contributed by atoms with Crippen LogP contribution in [-0.4, -0.2) is 17.4 Å². The van der Waals surface area contributed by atoms with Crippen molar-refractivity contribution in [2.45, 2.75) is 20.3 Å². The molecular weight excluding hydrogens is 324 g/mol. The van der Waals surface area contributed by atoms with Gasteiger partial charge in [0.2, 0.25) is 0 Å². The van der Waals surface area contributed by atoms with Crippen molar-refractivity contribution in [3.63, 3.8) is 0 Å². The van der Waals surface area contributed by atoms with Crippen LogP contribution < -0.4 is 5.32 Å². The van der Waals surface area contributed by atoms with E-state index in [1.54, 1.807) is 11.3 Å². The summed E-state index contributed by atoms with van der Waals surface area (Å²) in [6, 6.07) is 5.69. The summed E-state index contributed by atoms with van der Waals surface area (Å²) in [7, 11) is 0. The fourth-order valence-electron chi connectivity index (χ4n) is 1.80. The minimum Gasteiger partial charge on any atom is -0.352 e. The fraction of sp³-hybridized carbons (Fsp3) is 0.286. The van der Waals surface area contributed by atoms with Gasteiger partial charge in [-0.3, -0.25) is 4.79 Å². The third-order valence-electron chi connectivity index (χ3n) is 2.64. The summed E-state index contributed by atoms with van der Waals surface area (Å²) in [4.78, 5) is 16.4. The molecule has 3 nitrogen and oxygen atoms in total. The number of nitrogens with one attached hydrogen (secondary N) is 1. The molecule has 100 valence electrons. The van der Waals surface area contributed by atoms with Crippen molar-refractivity contribution in [2.24, 2.45) is 0 Å². The van der Waals surface area contributed by atoms with Crippen LogP contribution >= 0.6 is 27.3 Å². The lowest BCUT2D eigenvalue weighted by molar-refractivity contribution is 0.0954. The molecule has 0 unspecified atom stereocenters. The SMILES string of the molecule is Cc1cc(Br)cc(C(=O)NCCc2csc(C)n2)c1. The number of thiazole rings is 1. The highest BCUT2D eigenvalue weighted by atomic mass is 79.9. The number of carbonyl (C=O) groups is 1. The molecule has 0 fully saturated rings. The molecule has 1 aromatic heterocycles. The topological polar surface area (TPSA) is 42.0 Å². The van der Waals surface area contributed by atoms with E-state index < -0.39 is 0 Å². The van der Waals surface area contributed by atoms with Gasteiger partial charge < -0.3 is 5.32 Å². The zero-order valence-corrected chi connectivity index (χ0v) is 13.3. The van der Waals surface area contributed by atoms with E-state index >= 15 is 0 Å². The first-order valence-corrected chi connectivity index (χ1v) is 7.68. The normalized spacial score (nSPS) is 10.5. The summed E-state index contributed by atoms with van der Waals surface area (Å²) in [6.07, 6.45) is 0.767. The highest BCUT2D eigenvalue weighted by Gasteiger charge is 2.07. The molecule has 0 aliphatic rings. The zero-order chi connectivity index (χ0) is 13.8. The average Bonchev–Trinajstić information content (AvgIpc) is 2.73. The van der Waals surface area contributed by atoms with Gasteiger partial charge in [0.15, 0.2) is 0 Å². The smallest absolute Gasteiger partial charge is 0.251 e. The van der Waals surface area contributed by atoms with E-state index in [2.05, 4.69) is 26.2 Å². The molecule has 0 radical (unpaired) electrons. The summed E-state index contributed by atoms with van der Waals surface area (Å²) < 4.78 is 0.924. The summed E-state index contributed by atoms with van der Waals surface area (Å²) in [5, 5.41) is 6.01. The maximum absolute atomic E-state index is 12.0. The number of amides is 1. The number of carbonyl (C=O) groups excluding carboxylic acids is 1. The summed E-state index contributed by atoms with van der Waals surface area (Å²) >= 11 is 5.03. The Kier molecular flexibility index (Phi) is 4.71. The number of aromatic nitrogens is 1. The first-order chi connectivity index (χ1) is 9.04. The van der Waals surface area contributed by atoms with Crippen LogP contribution in [0, 0.1) is 13.8 Å². The van der Waals surface area contributed by atoms with Gasteiger partial charge >= 0.3 is 0 Å². The quantitative estimate of drug-likeness (QED) is 0.926. The van der Waals surface area contributed by atoms with E-state index in [0.717, 1.165) is 27.2 Å². The van der Waals surface area contributed by atoms with E-state index in [-0.39, 0.29) is 5.91 Å². The standard InChI is InChI=1S/C14H15BrN2OS/c1-9-5-11(7-12(15)6-9)14(18)16-4-3-13-8-19-10(2)17-13/h5-8H,3-4H2,1-2H3,(H,16,18). The minimum absolute atomic E-state index is 0.0450. The number of halogens is 1. The molecule has 19 heavy (non-hydrogen) atoms. The van der Waals surface area contributed by atoms with Gasteiger partial charge in [-0.05, 0) is 37.6 Å². The lowest BCUT2D eigenvalue weighted by Crippen LogP contribution is -2.25. The van der Waals surface area contributed by atoms with Gasteiger partial charge in [-0.1, -0.05) is 15.9 Å². The number of benzene rings is 1. The maximum atomic E-state index is 12.0. The molecule has 2 rings (SSSR count). The third kappa shape index (κ3) is 4.14. The third-order valence-corrected chi connectivity index (χ3v) is 3.92. The van der Waals surface area contributed by atoms with Crippen LogP contribution in [-0.2, 0) is 6.42 Å². The van der Waals surface area contributed by atoms with Crippen molar-refractivity contribution in [2.75, 3.05) is 6.54 Å². The molecule has 0 saturated heterocycles. The second kappa shape index (κ2) is 6.30. The van der Waals surface area contributed by atoms with Gasteiger partial charge in [-0.2, -0.15) is 0 Å². The molecule has 0 saturated carbocycles. The summed E-state index contributed by atoms with van der Waals surface area (Å²) in [6.45, 7) is 4.56. The van der Waals surface area contributed by atoms with E-state index in [1.165, 1.54) is 0 Å². The van der Waals surface area contributed by atoms with Crippen LogP contribution in [0.1, 0.15) is 26.6 Å². The number of aryl methyl sites for hydroxylation is 2. The zero-order valence-electron chi connectivity index (χ0n) is 10.9. The molecule has 1 N–H and O–H groups in total. The van der Waals surface area contributed by atoms with Crippen LogP contribution in [0.2, 0.25) is 0 Å². The molecule has 0 aliphatic carbocycles. The largest absolute Gasteiger partial charge is 0.352 e. The van der Waals surface area contributed by atoms with E-state index in [9.17, 15) is 4.79 Å². The van der Waals surface area contributed by atoms with Crippen molar-refractivity contribution in [3.05, 3.63) is 49.9 Å². The number of hydrogen-bond acceptors (Lipinski definition) is 3. The molecule has 1 heterocycles. The van der Waals surface area contributed by atoms with Crippen molar-refractivity contribution in [1.29, 1.82) is 0 Å². The predicted octanol–water partition coefficient (Wildman–Crippen LogP) is 3.49. The van der Waals surface area contributed by atoms with Gasteiger partial charge in [0.1, 0.15) is 0 Å². The van der Waals surface area contributed by atoms with Crippen molar-refractivity contribution >= 4 is 33.2 Å². The lowest BCUT2D eigenvalue weighted by Gasteiger charge is -2.06. The second-order valence-electron chi connectivity index (χ2n) is 4.38. The van der Waals surface area contributed by atoms with Crippen molar-refractivity contribution in [1.82, 2.24) is 10.3 Å². The number of nitrogens with zero attached hydrogens (tertiary/aromatic N) is 1. The van der Waals surface area contributed by atoms with Crippen LogP contribution in [0.4, 0.5) is 0 Å². The molecule has 0 bridgehead atoms. The highest BCUT2D eigenvalue weighted by Crippen LogP contribution is 2.15. The Balaban J connectivity index is 1.90. The first-order valence-electron chi connectivity index (χ1n) is 6.01. The first kappa shape index (κ1) is 14.2. The van der Waals surface area contributed by atoms with Gasteiger partial charge in [0.05, 0.1) is 10.7 Å². The number of hydrogen-bond donors (Lipinski definition) is 1. The highest BCUT2D eigenvalue weighted by molar-refractivity contribution is 9.10. The Labute approximate surface area is 125 Å². The van der Waals surface area contributed by atoms with Gasteiger partial charge in [0.25, 0.3) is 5.91 Å². The fourth-order valence-corrected chi connectivity index (χ4v) is 3.05. The Hall–Kier alpha value is -1.20. The van der Waals surface area contributed by atoms with Gasteiger partial charge in [-0.25, -0.2) is 4.98 Å². The number of rotatable bonds is 4. The molecule has 2 aromatic rings. The monoisotopic (exact) mass is 338 g/mol. The van der Waals surface area contributed by atoms with Gasteiger partial charge in [-0.15, -0.1) is 11.3 Å². The maximum Gasteiger partial charge on any atom is 0.251 e. The van der Waals surface area contributed by atoms with Crippen LogP contribution in [0.3, 0.4) is 0 Å². The Bertz CT molecular complexity index is 575. The van der Waals surface area contributed by atoms with E-state index in [4.69, 9.17) is 0 Å². The molecule has 5 heteroatoms. The minimum atomic E-state index is -0.0450. The molecule has 0 spiro atoms. The summed E-state index contributed by atoms with van der Waals surface area (Å²) in [5.74, 6) is -0.0450. The van der Waals surface area contributed by atoms with Crippen molar-refractivity contribution in [3.8, 4) is 0 Å². The average molecular weight is 339 g/mol. The Morgan fingerprint density at radius 3 is 2.79 bits per heavy atom. The molecular formula is C14H15BrN2OS. The predicted molar refractivity (Wildman–Crippen MR) is 81.8 cm³/mol. The van der Waals surface area contributed by atoms with Crippen LogP contribution in [0.5, 0.6) is 0 Å². The van der Waals surface area contributed by atoms with Crippen LogP contribution in [0.25, 0.3) is 0 Å². The summed E-state index contributed by atoms with van der Waals surface area (Å²) in [5.41, 5.74) is 2.78. The van der Waals surface area contributed by atoms with Crippen LogP contribution in [0.15, 0.2) is 28.1 Å². The molecule has 0 aliphatic heterocycles. The lowest BCUT2D eigenvalue weighted by atomic mass is 10.1. The Morgan fingerprint density at radius 2 is 2.16 bits per heavy atom. The van der Waals surface area contributed by atoms with E-state index in [0.29, 0.717) is 12.1 Å². The molecule has 1 aromatic carbocycles. The van der Waals surface area contributed by atoms with E-state index in [1.807, 2.05) is 37.4 Å². The molecule has 0 atom stereocenters. The molecule has 1 amide bonds. The van der Waals surface area contributed by atoms with Crippen molar-refractivity contribution < 1.29 is 4.79 Å². The van der Waals surface area contributed by atoms with Gasteiger partial charge in [0, 0.05) is 28.4 Å². The Morgan fingerprint density at radius 1 is 1.37 bits per heavy atom.